The largest absolute Gasteiger partial charge is 0.383 e. The van der Waals surface area contributed by atoms with Gasteiger partial charge >= 0.3 is 0 Å². The monoisotopic (exact) mass is 354 g/mol. The maximum atomic E-state index is 12.0. The second-order valence-electron chi connectivity index (χ2n) is 6.64. The topological polar surface area (TPSA) is 67.3 Å². The molecular weight excluding hydrogens is 328 g/mol. The predicted octanol–water partition coefficient (Wildman–Crippen LogP) is 2.31. The summed E-state index contributed by atoms with van der Waals surface area (Å²) in [6.07, 6.45) is 6.60. The number of methoxy groups -OCH3 is 1. The van der Waals surface area contributed by atoms with Crippen molar-refractivity contribution < 1.29 is 9.53 Å². The number of ether oxygens (including phenoxy) is 1. The molecule has 0 spiro atoms. The Morgan fingerprint density at radius 2 is 1.88 bits per heavy atom. The summed E-state index contributed by atoms with van der Waals surface area (Å²) in [4.78, 5) is 22.9. The lowest BCUT2D eigenvalue weighted by Gasteiger charge is -2.32. The van der Waals surface area contributed by atoms with E-state index in [4.69, 9.17) is 4.74 Å². The Kier molecular flexibility index (Phi) is 6.55. The average molecular weight is 354 g/mol. The fourth-order valence-electron chi connectivity index (χ4n) is 3.25. The molecule has 6 heteroatoms. The van der Waals surface area contributed by atoms with Crippen molar-refractivity contribution in [2.75, 3.05) is 38.3 Å². The second-order valence-corrected chi connectivity index (χ2v) is 6.64. The van der Waals surface area contributed by atoms with Crippen LogP contribution in [0.5, 0.6) is 0 Å². The van der Waals surface area contributed by atoms with Gasteiger partial charge in [-0.1, -0.05) is 30.3 Å². The smallest absolute Gasteiger partial charge is 0.254 e. The van der Waals surface area contributed by atoms with Gasteiger partial charge in [0.05, 0.1) is 12.2 Å². The number of hydrogen-bond acceptors (Lipinski definition) is 5. The van der Waals surface area contributed by atoms with Crippen LogP contribution in [0.1, 0.15) is 28.8 Å². The van der Waals surface area contributed by atoms with Crippen molar-refractivity contribution >= 4 is 11.9 Å². The van der Waals surface area contributed by atoms with E-state index in [2.05, 4.69) is 50.5 Å². The number of amides is 1. The molecule has 6 nitrogen and oxygen atoms in total. The number of hydrogen-bond donors (Lipinski definition) is 1. The van der Waals surface area contributed by atoms with Gasteiger partial charge in [0.15, 0.2) is 0 Å². The summed E-state index contributed by atoms with van der Waals surface area (Å²) in [5.74, 6) is 1.24. The Labute approximate surface area is 154 Å². The highest BCUT2D eigenvalue weighted by atomic mass is 16.5. The summed E-state index contributed by atoms with van der Waals surface area (Å²) in [6.45, 7) is 2.88. The van der Waals surface area contributed by atoms with Gasteiger partial charge in [-0.05, 0) is 30.7 Å². The Hall–Kier alpha value is -2.47. The zero-order valence-corrected chi connectivity index (χ0v) is 15.2. The lowest BCUT2D eigenvalue weighted by Crippen LogP contribution is -2.35. The van der Waals surface area contributed by atoms with Gasteiger partial charge in [0, 0.05) is 39.1 Å². The van der Waals surface area contributed by atoms with Crippen LogP contribution in [-0.4, -0.2) is 49.2 Å². The molecule has 1 amide bonds. The van der Waals surface area contributed by atoms with Gasteiger partial charge in [-0.3, -0.25) is 4.79 Å². The Balaban J connectivity index is 1.49. The van der Waals surface area contributed by atoms with Crippen LogP contribution in [0.2, 0.25) is 0 Å². The third kappa shape index (κ3) is 5.02. The highest BCUT2D eigenvalue weighted by Crippen LogP contribution is 2.23. The molecule has 1 aromatic carbocycles. The highest BCUT2D eigenvalue weighted by Gasteiger charge is 2.21. The van der Waals surface area contributed by atoms with Crippen molar-refractivity contribution in [3.8, 4) is 0 Å². The molecule has 2 aromatic rings. The molecule has 1 aliphatic heterocycles. The van der Waals surface area contributed by atoms with E-state index in [1.165, 1.54) is 5.56 Å². The van der Waals surface area contributed by atoms with Gasteiger partial charge in [0.2, 0.25) is 5.95 Å². The van der Waals surface area contributed by atoms with Crippen LogP contribution in [0.15, 0.2) is 42.7 Å². The van der Waals surface area contributed by atoms with E-state index < -0.39 is 0 Å². The van der Waals surface area contributed by atoms with Gasteiger partial charge in [-0.2, -0.15) is 0 Å². The molecule has 0 aliphatic carbocycles. The van der Waals surface area contributed by atoms with Crippen molar-refractivity contribution in [3.05, 3.63) is 53.9 Å². The first-order valence-corrected chi connectivity index (χ1v) is 9.14. The molecule has 1 N–H and O–H groups in total. The molecular formula is C20H26N4O2. The molecule has 0 saturated carbocycles. The summed E-state index contributed by atoms with van der Waals surface area (Å²) in [7, 11) is 1.60. The zero-order valence-electron chi connectivity index (χ0n) is 15.2. The molecule has 1 aliphatic rings. The molecule has 0 atom stereocenters. The predicted molar refractivity (Wildman–Crippen MR) is 101 cm³/mol. The summed E-state index contributed by atoms with van der Waals surface area (Å²) >= 11 is 0. The molecule has 0 bridgehead atoms. The average Bonchev–Trinajstić information content (AvgIpc) is 2.70. The quantitative estimate of drug-likeness (QED) is 0.773. The second kappa shape index (κ2) is 9.29. The van der Waals surface area contributed by atoms with Crippen LogP contribution < -0.4 is 10.2 Å². The number of anilines is 1. The van der Waals surface area contributed by atoms with Gasteiger partial charge in [-0.25, -0.2) is 9.97 Å². The molecule has 1 fully saturated rings. The molecule has 1 aromatic heterocycles. The number of carbonyl (C=O) groups is 1. The first kappa shape index (κ1) is 18.3. The lowest BCUT2D eigenvalue weighted by atomic mass is 9.90. The third-order valence-corrected chi connectivity index (χ3v) is 4.76. The van der Waals surface area contributed by atoms with Gasteiger partial charge in [-0.15, -0.1) is 0 Å². The van der Waals surface area contributed by atoms with E-state index in [0.717, 1.165) is 32.4 Å². The molecule has 138 valence electrons. The molecule has 26 heavy (non-hydrogen) atoms. The van der Waals surface area contributed by atoms with Crippen LogP contribution in [-0.2, 0) is 11.2 Å². The lowest BCUT2D eigenvalue weighted by molar-refractivity contribution is 0.0936. The Morgan fingerprint density at radius 3 is 2.54 bits per heavy atom. The maximum absolute atomic E-state index is 12.0. The highest BCUT2D eigenvalue weighted by molar-refractivity contribution is 5.93. The molecule has 1 saturated heterocycles. The van der Waals surface area contributed by atoms with Crippen LogP contribution in [0, 0.1) is 5.92 Å². The van der Waals surface area contributed by atoms with Crippen molar-refractivity contribution in [1.29, 1.82) is 0 Å². The maximum Gasteiger partial charge on any atom is 0.254 e. The number of piperidine rings is 1. The van der Waals surface area contributed by atoms with Crippen LogP contribution in [0.4, 0.5) is 5.95 Å². The minimum absolute atomic E-state index is 0.171. The van der Waals surface area contributed by atoms with Crippen LogP contribution >= 0.6 is 0 Å². The number of benzene rings is 1. The standard InChI is InChI=1S/C20H26N4O2/c1-26-12-9-21-19(25)18-14-22-20(23-15-18)24-10-7-17(8-11-24)13-16-5-3-2-4-6-16/h2-6,14-15,17H,7-13H2,1H3,(H,21,25). The van der Waals surface area contributed by atoms with Crippen LogP contribution in [0.3, 0.4) is 0 Å². The van der Waals surface area contributed by atoms with E-state index in [0.29, 0.717) is 30.6 Å². The number of nitrogens with one attached hydrogen (secondary N) is 1. The SMILES string of the molecule is COCCNC(=O)c1cnc(N2CCC(Cc3ccccc3)CC2)nc1. The van der Waals surface area contributed by atoms with Crippen molar-refractivity contribution in [2.45, 2.75) is 19.3 Å². The van der Waals surface area contributed by atoms with Crippen molar-refractivity contribution in [3.63, 3.8) is 0 Å². The third-order valence-electron chi connectivity index (χ3n) is 4.76. The molecule has 0 unspecified atom stereocenters. The molecule has 0 radical (unpaired) electrons. The number of rotatable bonds is 7. The molecule has 2 heterocycles. The van der Waals surface area contributed by atoms with Gasteiger partial charge in [0.25, 0.3) is 5.91 Å². The Bertz CT molecular complexity index is 683. The summed E-state index contributed by atoms with van der Waals surface area (Å²) in [6, 6.07) is 10.7. The minimum Gasteiger partial charge on any atom is -0.383 e. The van der Waals surface area contributed by atoms with Gasteiger partial charge in [0.1, 0.15) is 0 Å². The normalized spacial score (nSPS) is 15.0. The van der Waals surface area contributed by atoms with Crippen molar-refractivity contribution in [2.24, 2.45) is 5.92 Å². The first-order chi connectivity index (χ1) is 12.8. The number of carbonyl (C=O) groups excluding carboxylic acids is 1. The van der Waals surface area contributed by atoms with Crippen LogP contribution in [0.25, 0.3) is 0 Å². The number of aromatic nitrogens is 2. The van der Waals surface area contributed by atoms with E-state index in [9.17, 15) is 4.79 Å². The number of nitrogens with zero attached hydrogens (tertiary/aromatic N) is 3. The van der Waals surface area contributed by atoms with E-state index in [1.54, 1.807) is 19.5 Å². The summed E-state index contributed by atoms with van der Waals surface area (Å²) < 4.78 is 4.92. The first-order valence-electron chi connectivity index (χ1n) is 9.14. The Morgan fingerprint density at radius 1 is 1.19 bits per heavy atom. The summed E-state index contributed by atoms with van der Waals surface area (Å²) in [5, 5.41) is 2.77. The zero-order chi connectivity index (χ0) is 18.2. The van der Waals surface area contributed by atoms with E-state index in [-0.39, 0.29) is 5.91 Å². The fraction of sp³-hybridized carbons (Fsp3) is 0.450. The minimum atomic E-state index is -0.171. The fourth-order valence-corrected chi connectivity index (χ4v) is 3.25. The molecule has 3 rings (SSSR count). The van der Waals surface area contributed by atoms with Crippen molar-refractivity contribution in [1.82, 2.24) is 15.3 Å². The van der Waals surface area contributed by atoms with Gasteiger partial charge < -0.3 is 15.0 Å². The van der Waals surface area contributed by atoms with E-state index >= 15 is 0 Å². The van der Waals surface area contributed by atoms with E-state index in [1.807, 2.05) is 0 Å². The summed E-state index contributed by atoms with van der Waals surface area (Å²) in [5.41, 5.74) is 1.88.